The Balaban J connectivity index is 2.12. The standard InChI is InChI=1S/C12H12N2O3S/c1-16-11(15)6-4-8(17-7-2-3-7)10-9(5-6)18-12(13)14-10/h4-5,7H,2-3H2,1H3,(H2,13,14). The van der Waals surface area contributed by atoms with E-state index in [9.17, 15) is 4.79 Å². The van der Waals surface area contributed by atoms with Crippen LogP contribution in [0.5, 0.6) is 5.75 Å². The number of thiazole rings is 1. The van der Waals surface area contributed by atoms with Crippen molar-refractivity contribution < 1.29 is 14.3 Å². The molecule has 1 aliphatic carbocycles. The van der Waals surface area contributed by atoms with Gasteiger partial charge in [0.15, 0.2) is 5.13 Å². The molecule has 1 aromatic carbocycles. The van der Waals surface area contributed by atoms with Gasteiger partial charge in [0.1, 0.15) is 11.3 Å². The highest BCUT2D eigenvalue weighted by Gasteiger charge is 2.25. The molecule has 6 heteroatoms. The Morgan fingerprint density at radius 2 is 2.28 bits per heavy atom. The zero-order valence-electron chi connectivity index (χ0n) is 9.80. The summed E-state index contributed by atoms with van der Waals surface area (Å²) < 4.78 is 11.3. The first-order chi connectivity index (χ1) is 8.67. The Bertz CT molecular complexity index is 619. The molecule has 1 aliphatic rings. The molecule has 2 aromatic rings. The first-order valence-electron chi connectivity index (χ1n) is 5.62. The van der Waals surface area contributed by atoms with Gasteiger partial charge in [0.05, 0.1) is 23.5 Å². The minimum Gasteiger partial charge on any atom is -0.488 e. The minimum absolute atomic E-state index is 0.240. The van der Waals surface area contributed by atoms with Gasteiger partial charge in [0.2, 0.25) is 0 Å². The second kappa shape index (κ2) is 4.13. The van der Waals surface area contributed by atoms with Gasteiger partial charge in [-0.15, -0.1) is 0 Å². The molecule has 1 saturated carbocycles. The molecule has 0 bridgehead atoms. The van der Waals surface area contributed by atoms with E-state index >= 15 is 0 Å². The van der Waals surface area contributed by atoms with Gasteiger partial charge in [-0.2, -0.15) is 0 Å². The van der Waals surface area contributed by atoms with Crippen LogP contribution in [0.1, 0.15) is 23.2 Å². The van der Waals surface area contributed by atoms with Gasteiger partial charge < -0.3 is 15.2 Å². The van der Waals surface area contributed by atoms with Crippen LogP contribution in [-0.2, 0) is 4.74 Å². The number of nitrogen functional groups attached to an aromatic ring is 1. The number of hydrogen-bond donors (Lipinski definition) is 1. The molecular formula is C12H12N2O3S. The lowest BCUT2D eigenvalue weighted by Crippen LogP contribution is -2.03. The predicted molar refractivity (Wildman–Crippen MR) is 69.0 cm³/mol. The summed E-state index contributed by atoms with van der Waals surface area (Å²) in [5.41, 5.74) is 6.88. The van der Waals surface area contributed by atoms with Gasteiger partial charge in [-0.3, -0.25) is 0 Å². The number of fused-ring (bicyclic) bond motifs is 1. The van der Waals surface area contributed by atoms with Crippen molar-refractivity contribution in [2.24, 2.45) is 0 Å². The van der Waals surface area contributed by atoms with Crippen molar-refractivity contribution in [3.05, 3.63) is 17.7 Å². The Hall–Kier alpha value is -1.82. The second-order valence-corrected chi connectivity index (χ2v) is 5.24. The van der Waals surface area contributed by atoms with Crippen LogP contribution in [0.15, 0.2) is 12.1 Å². The van der Waals surface area contributed by atoms with Crippen LogP contribution in [0.4, 0.5) is 5.13 Å². The summed E-state index contributed by atoms with van der Waals surface area (Å²) in [6.07, 6.45) is 2.33. The number of rotatable bonds is 3. The molecule has 2 N–H and O–H groups in total. The number of benzene rings is 1. The zero-order valence-corrected chi connectivity index (χ0v) is 10.6. The fraction of sp³-hybridized carbons (Fsp3) is 0.333. The first kappa shape index (κ1) is 11.3. The normalized spacial score (nSPS) is 14.7. The molecule has 1 fully saturated rings. The third-order valence-electron chi connectivity index (χ3n) is 2.72. The number of methoxy groups -OCH3 is 1. The highest BCUT2D eigenvalue weighted by molar-refractivity contribution is 7.22. The van der Waals surface area contributed by atoms with E-state index in [1.54, 1.807) is 12.1 Å². The largest absolute Gasteiger partial charge is 0.488 e. The second-order valence-electron chi connectivity index (χ2n) is 4.18. The number of ether oxygens (including phenoxy) is 2. The van der Waals surface area contributed by atoms with Gasteiger partial charge in [-0.1, -0.05) is 11.3 Å². The van der Waals surface area contributed by atoms with E-state index in [4.69, 9.17) is 15.2 Å². The number of carbonyl (C=O) groups excluding carboxylic acids is 1. The maximum absolute atomic E-state index is 11.6. The monoisotopic (exact) mass is 264 g/mol. The van der Waals surface area contributed by atoms with Crippen molar-refractivity contribution in [3.63, 3.8) is 0 Å². The Morgan fingerprint density at radius 3 is 2.94 bits per heavy atom. The fourth-order valence-corrected chi connectivity index (χ4v) is 2.50. The van der Waals surface area contributed by atoms with Crippen LogP contribution in [0.25, 0.3) is 10.2 Å². The van der Waals surface area contributed by atoms with Crippen molar-refractivity contribution in [2.75, 3.05) is 12.8 Å². The molecule has 0 atom stereocenters. The van der Waals surface area contributed by atoms with Crippen LogP contribution >= 0.6 is 11.3 Å². The number of hydrogen-bond acceptors (Lipinski definition) is 6. The molecule has 0 amide bonds. The lowest BCUT2D eigenvalue weighted by molar-refractivity contribution is 0.0600. The van der Waals surface area contributed by atoms with Crippen LogP contribution in [0, 0.1) is 0 Å². The minimum atomic E-state index is -0.385. The Kier molecular flexibility index (Phi) is 2.59. The van der Waals surface area contributed by atoms with Crippen LogP contribution in [-0.4, -0.2) is 24.2 Å². The maximum atomic E-state index is 11.6. The van der Waals surface area contributed by atoms with Crippen LogP contribution in [0.3, 0.4) is 0 Å². The average molecular weight is 264 g/mol. The number of carbonyl (C=O) groups is 1. The van der Waals surface area contributed by atoms with Gasteiger partial charge in [-0.25, -0.2) is 9.78 Å². The van der Waals surface area contributed by atoms with E-state index in [-0.39, 0.29) is 12.1 Å². The summed E-state index contributed by atoms with van der Waals surface area (Å²) in [6.45, 7) is 0. The van der Waals surface area contributed by atoms with Crippen LogP contribution < -0.4 is 10.5 Å². The van der Waals surface area contributed by atoms with E-state index in [0.717, 1.165) is 23.1 Å². The highest BCUT2D eigenvalue weighted by atomic mass is 32.1. The number of anilines is 1. The smallest absolute Gasteiger partial charge is 0.338 e. The molecule has 0 saturated heterocycles. The number of aromatic nitrogens is 1. The average Bonchev–Trinajstić information content (AvgIpc) is 3.08. The molecule has 1 aromatic heterocycles. The third-order valence-corrected chi connectivity index (χ3v) is 3.55. The van der Waals surface area contributed by atoms with Crippen molar-refractivity contribution in [1.82, 2.24) is 4.98 Å². The molecule has 94 valence electrons. The van der Waals surface area contributed by atoms with E-state index in [2.05, 4.69) is 4.98 Å². The van der Waals surface area contributed by atoms with Crippen molar-refractivity contribution in [2.45, 2.75) is 18.9 Å². The van der Waals surface area contributed by atoms with Gasteiger partial charge in [-0.05, 0) is 25.0 Å². The molecule has 0 aliphatic heterocycles. The molecule has 18 heavy (non-hydrogen) atoms. The number of nitrogens with zero attached hydrogens (tertiary/aromatic N) is 1. The SMILES string of the molecule is COC(=O)c1cc(OC2CC2)c2nc(N)sc2c1. The lowest BCUT2D eigenvalue weighted by atomic mass is 10.2. The molecule has 0 unspecified atom stereocenters. The summed E-state index contributed by atoms with van der Waals surface area (Å²) >= 11 is 1.33. The van der Waals surface area contributed by atoms with Gasteiger partial charge in [0, 0.05) is 0 Å². The van der Waals surface area contributed by atoms with Crippen molar-refractivity contribution in [3.8, 4) is 5.75 Å². The van der Waals surface area contributed by atoms with E-state index in [1.807, 2.05) is 0 Å². The molecular weight excluding hydrogens is 252 g/mol. The highest BCUT2D eigenvalue weighted by Crippen LogP contribution is 2.36. The number of nitrogens with two attached hydrogens (primary N) is 1. The summed E-state index contributed by atoms with van der Waals surface area (Å²) in [7, 11) is 1.36. The molecule has 5 nitrogen and oxygen atoms in total. The quantitative estimate of drug-likeness (QED) is 0.860. The van der Waals surface area contributed by atoms with Crippen molar-refractivity contribution in [1.29, 1.82) is 0 Å². The van der Waals surface area contributed by atoms with E-state index < -0.39 is 0 Å². The lowest BCUT2D eigenvalue weighted by Gasteiger charge is -2.07. The van der Waals surface area contributed by atoms with Gasteiger partial charge in [0.25, 0.3) is 0 Å². The summed E-state index contributed by atoms with van der Waals surface area (Å²) in [5.74, 6) is 0.230. The summed E-state index contributed by atoms with van der Waals surface area (Å²) in [6, 6.07) is 3.40. The van der Waals surface area contributed by atoms with E-state index in [0.29, 0.717) is 16.4 Å². The Morgan fingerprint density at radius 1 is 1.50 bits per heavy atom. The topological polar surface area (TPSA) is 74.4 Å². The third kappa shape index (κ3) is 1.99. The molecule has 3 rings (SSSR count). The zero-order chi connectivity index (χ0) is 12.7. The fourth-order valence-electron chi connectivity index (χ4n) is 1.71. The maximum Gasteiger partial charge on any atom is 0.338 e. The van der Waals surface area contributed by atoms with Gasteiger partial charge >= 0.3 is 5.97 Å². The number of esters is 1. The molecule has 0 spiro atoms. The molecule has 0 radical (unpaired) electrons. The summed E-state index contributed by atoms with van der Waals surface area (Å²) in [4.78, 5) is 15.8. The predicted octanol–water partition coefficient (Wildman–Crippen LogP) is 2.21. The first-order valence-corrected chi connectivity index (χ1v) is 6.44. The molecule has 1 heterocycles. The van der Waals surface area contributed by atoms with Crippen molar-refractivity contribution >= 4 is 32.7 Å². The Labute approximate surface area is 108 Å². The van der Waals surface area contributed by atoms with E-state index in [1.165, 1.54) is 18.4 Å². The summed E-state index contributed by atoms with van der Waals surface area (Å²) in [5, 5.41) is 0.465. The van der Waals surface area contributed by atoms with Crippen LogP contribution in [0.2, 0.25) is 0 Å².